The summed E-state index contributed by atoms with van der Waals surface area (Å²) >= 11 is 7.66. The molecule has 25 heteroatoms. The van der Waals surface area contributed by atoms with Gasteiger partial charge in [0.25, 0.3) is 20.0 Å². The summed E-state index contributed by atoms with van der Waals surface area (Å²) in [7, 11) is 2.40. The van der Waals surface area contributed by atoms with E-state index in [0.717, 1.165) is 70.1 Å². The maximum Gasteiger partial charge on any atom is 0.271 e. The Labute approximate surface area is 339 Å². The molecule has 0 saturated heterocycles. The molecule has 0 spiro atoms. The van der Waals surface area contributed by atoms with Crippen molar-refractivity contribution in [3.05, 3.63) is 78.7 Å². The molecule has 0 fully saturated rings. The van der Waals surface area contributed by atoms with Crippen molar-refractivity contribution >= 4 is 92.5 Å². The van der Waals surface area contributed by atoms with Crippen LogP contribution in [0.5, 0.6) is 0 Å². The standard InChI is InChI=1S/C16H16N8O2S2.C12H9ClN4.C4H8N4O2S2/c1-23(2)28(25,26)16-22-21-15(27-16)20-14-5-4-12-13(19-14)6-10(7-17-12)11-8-18-24(3)9-11;1-17-7-9(6-15-17)8-4-11-10(14-5-8)2-3-12(13)16-11;1-8(2)12(9,10)4-7-6-3(5)11-4/h4-9H,1-3H3,(H,19,20,21);2-7H,1H3;1-2H3,(H2,5,6). The third-order valence-electron chi connectivity index (χ3n) is 7.58. The number of fused-ring (bicyclic) bond motifs is 2. The second-order valence-corrected chi connectivity index (χ2v) is 19.2. The Morgan fingerprint density at radius 2 is 1.16 bits per heavy atom. The first-order chi connectivity index (χ1) is 27.0. The maximum absolute atomic E-state index is 12.1. The van der Waals surface area contributed by atoms with E-state index in [-0.39, 0.29) is 13.8 Å². The number of pyridine rings is 4. The number of sulfonamides is 2. The number of hydrogen-bond acceptors (Lipinski definition) is 18. The van der Waals surface area contributed by atoms with Crippen LogP contribution in [0.3, 0.4) is 0 Å². The molecule has 8 aromatic heterocycles. The van der Waals surface area contributed by atoms with Crippen LogP contribution in [0.2, 0.25) is 5.15 Å². The van der Waals surface area contributed by atoms with Crippen LogP contribution in [0.15, 0.2) is 82.3 Å². The van der Waals surface area contributed by atoms with Gasteiger partial charge in [-0.05, 0) is 36.4 Å². The third-order valence-corrected chi connectivity index (χ3v) is 13.7. The second-order valence-electron chi connectivity index (χ2n) is 12.1. The van der Waals surface area contributed by atoms with E-state index < -0.39 is 20.0 Å². The quantitative estimate of drug-likeness (QED) is 0.205. The predicted molar refractivity (Wildman–Crippen MR) is 218 cm³/mol. The number of halogens is 1. The van der Waals surface area contributed by atoms with Crippen molar-refractivity contribution in [1.82, 2.24) is 68.5 Å². The van der Waals surface area contributed by atoms with E-state index in [9.17, 15) is 16.8 Å². The molecule has 57 heavy (non-hydrogen) atoms. The van der Waals surface area contributed by atoms with Crippen LogP contribution in [0.25, 0.3) is 44.3 Å². The van der Waals surface area contributed by atoms with Crippen LogP contribution in [0, 0.1) is 0 Å². The number of hydrogen-bond donors (Lipinski definition) is 2. The minimum absolute atomic E-state index is 0.0787. The van der Waals surface area contributed by atoms with Crippen LogP contribution < -0.4 is 11.1 Å². The predicted octanol–water partition coefficient (Wildman–Crippen LogP) is 3.93. The van der Waals surface area contributed by atoms with Gasteiger partial charge in [-0.25, -0.2) is 35.4 Å². The number of anilines is 3. The highest BCUT2D eigenvalue weighted by atomic mass is 35.5. The molecular weight excluding hydrogens is 836 g/mol. The van der Waals surface area contributed by atoms with Gasteiger partial charge in [-0.1, -0.05) is 34.3 Å². The molecule has 8 rings (SSSR count). The van der Waals surface area contributed by atoms with Crippen molar-refractivity contribution in [2.75, 3.05) is 39.2 Å². The van der Waals surface area contributed by atoms with Gasteiger partial charge in [0.15, 0.2) is 0 Å². The molecule has 0 amide bonds. The Kier molecular flexibility index (Phi) is 12.1. The smallest absolute Gasteiger partial charge is 0.271 e. The van der Waals surface area contributed by atoms with Gasteiger partial charge in [0, 0.05) is 89.3 Å². The lowest BCUT2D eigenvalue weighted by atomic mass is 10.1. The number of nitrogens with zero attached hydrogens (tertiary/aromatic N) is 14. The average molecular weight is 869 g/mol. The van der Waals surface area contributed by atoms with E-state index >= 15 is 0 Å². The summed E-state index contributed by atoms with van der Waals surface area (Å²) in [5, 5.41) is 26.7. The number of nitrogens with one attached hydrogen (secondary N) is 1. The van der Waals surface area contributed by atoms with E-state index in [1.165, 1.54) is 28.2 Å². The molecule has 0 saturated carbocycles. The van der Waals surface area contributed by atoms with Gasteiger partial charge in [0.1, 0.15) is 11.0 Å². The molecule has 0 aromatic carbocycles. The molecule has 0 aliphatic rings. The minimum Gasteiger partial charge on any atom is -0.374 e. The van der Waals surface area contributed by atoms with E-state index in [1.54, 1.807) is 40.1 Å². The number of rotatable bonds is 8. The fraction of sp³-hybridized carbons (Fsp3) is 0.188. The van der Waals surface area contributed by atoms with Gasteiger partial charge < -0.3 is 11.1 Å². The Bertz CT molecular complexity index is 2910. The maximum atomic E-state index is 12.1. The van der Waals surface area contributed by atoms with E-state index in [4.69, 9.17) is 17.3 Å². The van der Waals surface area contributed by atoms with Crippen LogP contribution in [0.1, 0.15) is 0 Å². The molecule has 8 aromatic rings. The van der Waals surface area contributed by atoms with Gasteiger partial charge >= 0.3 is 0 Å². The highest BCUT2D eigenvalue weighted by Crippen LogP contribution is 2.27. The van der Waals surface area contributed by atoms with Crippen molar-refractivity contribution in [3.63, 3.8) is 0 Å². The van der Waals surface area contributed by atoms with Gasteiger partial charge in [0.2, 0.25) is 18.9 Å². The molecule has 0 unspecified atom stereocenters. The molecule has 8 heterocycles. The number of nitrogen functional groups attached to an aromatic ring is 1. The van der Waals surface area contributed by atoms with Crippen molar-refractivity contribution in [2.24, 2.45) is 14.1 Å². The summed E-state index contributed by atoms with van der Waals surface area (Å²) in [5.41, 5.74) is 12.1. The van der Waals surface area contributed by atoms with Crippen molar-refractivity contribution in [1.29, 1.82) is 0 Å². The summed E-state index contributed by atoms with van der Waals surface area (Å²) < 4.78 is 52.4. The third kappa shape index (κ3) is 9.67. The molecule has 20 nitrogen and oxygen atoms in total. The molecule has 0 aliphatic carbocycles. The molecule has 3 N–H and O–H groups in total. The summed E-state index contributed by atoms with van der Waals surface area (Å²) in [5.74, 6) is 0.516. The number of aryl methyl sites for hydroxylation is 2. The van der Waals surface area contributed by atoms with Gasteiger partial charge in [-0.3, -0.25) is 19.3 Å². The second kappa shape index (κ2) is 16.8. The summed E-state index contributed by atoms with van der Waals surface area (Å²) in [6.45, 7) is 0. The molecule has 0 radical (unpaired) electrons. The van der Waals surface area contributed by atoms with Gasteiger partial charge in [-0.15, -0.1) is 20.4 Å². The van der Waals surface area contributed by atoms with Crippen molar-refractivity contribution < 1.29 is 16.8 Å². The average Bonchev–Trinajstić information content (AvgIpc) is 4.01. The first-order valence-corrected chi connectivity index (χ1v) is 21.1. The first kappa shape index (κ1) is 41.0. The fourth-order valence-corrected chi connectivity index (χ4v) is 8.75. The van der Waals surface area contributed by atoms with Crippen LogP contribution >= 0.6 is 34.3 Å². The van der Waals surface area contributed by atoms with Crippen molar-refractivity contribution in [3.8, 4) is 22.3 Å². The number of aromatic nitrogens is 12. The van der Waals surface area contributed by atoms with Crippen LogP contribution in [-0.2, 0) is 34.1 Å². The minimum atomic E-state index is -3.62. The highest BCUT2D eigenvalue weighted by molar-refractivity contribution is 7.91. The SMILES string of the molecule is CN(C)S(=O)(=O)c1nnc(N)s1.CN(C)S(=O)(=O)c1nnc(Nc2ccc3ncc(-c4cnn(C)c4)cc3n2)s1.Cn1cc(-c2cnc3ccc(Cl)nc3c2)cn1. The molecular formula is C32H33ClN16O4S4. The lowest BCUT2D eigenvalue weighted by Gasteiger charge is -2.06. The summed E-state index contributed by atoms with van der Waals surface area (Å²) in [6.07, 6.45) is 11.0. The monoisotopic (exact) mass is 868 g/mol. The largest absolute Gasteiger partial charge is 0.374 e. The normalized spacial score (nSPS) is 11.7. The van der Waals surface area contributed by atoms with Gasteiger partial charge in [-0.2, -0.15) is 10.2 Å². The van der Waals surface area contributed by atoms with Crippen molar-refractivity contribution in [2.45, 2.75) is 8.68 Å². The Balaban J connectivity index is 0.000000160. The Hall–Kier alpha value is -5.63. The Morgan fingerprint density at radius 1 is 0.649 bits per heavy atom. The molecule has 296 valence electrons. The van der Waals surface area contributed by atoms with Crippen LogP contribution in [0.4, 0.5) is 16.1 Å². The lowest BCUT2D eigenvalue weighted by molar-refractivity contribution is 0.518. The molecule has 0 aliphatic heterocycles. The van der Waals surface area contributed by atoms with E-state index in [1.807, 2.05) is 57.0 Å². The van der Waals surface area contributed by atoms with E-state index in [2.05, 4.69) is 55.8 Å². The zero-order valence-electron chi connectivity index (χ0n) is 30.9. The van der Waals surface area contributed by atoms with E-state index in [0.29, 0.717) is 21.6 Å². The Morgan fingerprint density at radius 3 is 1.65 bits per heavy atom. The zero-order chi connectivity index (χ0) is 41.1. The topological polar surface area (TPSA) is 252 Å². The number of nitrogens with two attached hydrogens (primary N) is 1. The molecule has 0 atom stereocenters. The van der Waals surface area contributed by atoms with Gasteiger partial charge in [0.05, 0.1) is 34.5 Å². The first-order valence-electron chi connectivity index (χ1n) is 16.2. The lowest BCUT2D eigenvalue weighted by Crippen LogP contribution is -2.21. The summed E-state index contributed by atoms with van der Waals surface area (Å²) in [4.78, 5) is 17.6. The molecule has 0 bridgehead atoms. The fourth-order valence-electron chi connectivity index (χ4n) is 4.63. The summed E-state index contributed by atoms with van der Waals surface area (Å²) in [6, 6.07) is 11.1. The zero-order valence-corrected chi connectivity index (χ0v) is 34.9. The highest BCUT2D eigenvalue weighted by Gasteiger charge is 2.23. The van der Waals surface area contributed by atoms with Crippen LogP contribution in [-0.4, -0.2) is 114 Å².